The second-order valence-corrected chi connectivity index (χ2v) is 8.31. The van der Waals surface area contributed by atoms with Crippen LogP contribution in [0.1, 0.15) is 31.2 Å². The van der Waals surface area contributed by atoms with Gasteiger partial charge in [0.25, 0.3) is 0 Å². The van der Waals surface area contributed by atoms with E-state index in [-0.39, 0.29) is 17.4 Å². The molecule has 0 aliphatic heterocycles. The molecule has 0 saturated carbocycles. The Hall–Kier alpha value is -1.58. The van der Waals surface area contributed by atoms with Gasteiger partial charge in [-0.15, -0.1) is 5.10 Å². The molecule has 0 aliphatic carbocycles. The van der Waals surface area contributed by atoms with Crippen LogP contribution in [0.2, 0.25) is 0 Å². The monoisotopic (exact) mass is 370 g/mol. The lowest BCUT2D eigenvalue weighted by molar-refractivity contribution is 0.402. The van der Waals surface area contributed by atoms with E-state index >= 15 is 0 Å². The minimum atomic E-state index is -3.65. The number of aryl methyl sites for hydroxylation is 1. The number of aromatic amines is 1. The number of nitrogens with zero attached hydrogens (tertiary/aromatic N) is 2. The Morgan fingerprint density at radius 1 is 1.38 bits per heavy atom. The first-order chi connectivity index (χ1) is 11.3. The maximum atomic E-state index is 12.6. The molecule has 0 amide bonds. The van der Waals surface area contributed by atoms with Crippen molar-refractivity contribution in [2.75, 3.05) is 19.4 Å². The number of nitrogens with one attached hydrogen (secondary N) is 2. The van der Waals surface area contributed by atoms with Gasteiger partial charge in [-0.1, -0.05) is 31.7 Å². The summed E-state index contributed by atoms with van der Waals surface area (Å²) in [5, 5.41) is 7.35. The molecule has 0 unspecified atom stereocenters. The number of sulfonamides is 1. The minimum Gasteiger partial charge on any atom is -0.495 e. The van der Waals surface area contributed by atoms with Gasteiger partial charge in [0.1, 0.15) is 16.5 Å². The fourth-order valence-electron chi connectivity index (χ4n) is 2.05. The van der Waals surface area contributed by atoms with Gasteiger partial charge in [0.15, 0.2) is 0 Å². The van der Waals surface area contributed by atoms with Crippen molar-refractivity contribution in [1.29, 1.82) is 0 Å². The van der Waals surface area contributed by atoms with E-state index in [1.54, 1.807) is 12.1 Å². The van der Waals surface area contributed by atoms with Gasteiger partial charge in [-0.25, -0.2) is 18.1 Å². The van der Waals surface area contributed by atoms with E-state index in [4.69, 9.17) is 4.74 Å². The van der Waals surface area contributed by atoms with Gasteiger partial charge in [0.05, 0.1) is 7.11 Å². The van der Waals surface area contributed by atoms with Crippen molar-refractivity contribution >= 4 is 21.8 Å². The van der Waals surface area contributed by atoms with Crippen molar-refractivity contribution in [1.82, 2.24) is 19.9 Å². The molecule has 132 valence electrons. The summed E-state index contributed by atoms with van der Waals surface area (Å²) in [5.74, 6) is 1.83. The Labute approximate surface area is 146 Å². The van der Waals surface area contributed by atoms with E-state index in [1.807, 2.05) is 26.8 Å². The van der Waals surface area contributed by atoms with Crippen LogP contribution < -0.4 is 9.46 Å². The molecule has 0 saturated heterocycles. The highest BCUT2D eigenvalue weighted by molar-refractivity contribution is 7.99. The van der Waals surface area contributed by atoms with Crippen molar-refractivity contribution in [3.8, 4) is 5.75 Å². The first kappa shape index (κ1) is 18.8. The summed E-state index contributed by atoms with van der Waals surface area (Å²) >= 11 is 1.38. The molecular formula is C15H22N4O3S2. The molecule has 0 radical (unpaired) electrons. The summed E-state index contributed by atoms with van der Waals surface area (Å²) < 4.78 is 32.9. The van der Waals surface area contributed by atoms with Crippen LogP contribution in [0.5, 0.6) is 5.75 Å². The Morgan fingerprint density at radius 2 is 2.12 bits per heavy atom. The summed E-state index contributed by atoms with van der Waals surface area (Å²) in [7, 11) is -2.18. The van der Waals surface area contributed by atoms with Crippen LogP contribution in [-0.4, -0.2) is 43.0 Å². The smallest absolute Gasteiger partial charge is 0.244 e. The molecule has 2 N–H and O–H groups in total. The molecular weight excluding hydrogens is 348 g/mol. The number of ether oxygens (including phenoxy) is 1. The number of H-pyrrole nitrogens is 1. The zero-order valence-electron chi connectivity index (χ0n) is 14.2. The van der Waals surface area contributed by atoms with Crippen LogP contribution in [0.25, 0.3) is 0 Å². The van der Waals surface area contributed by atoms with E-state index in [0.717, 1.165) is 11.4 Å². The van der Waals surface area contributed by atoms with Gasteiger partial charge >= 0.3 is 0 Å². The van der Waals surface area contributed by atoms with Crippen molar-refractivity contribution < 1.29 is 13.2 Å². The van der Waals surface area contributed by atoms with Crippen LogP contribution >= 0.6 is 11.8 Å². The quantitative estimate of drug-likeness (QED) is 0.547. The summed E-state index contributed by atoms with van der Waals surface area (Å²) in [5.41, 5.74) is 0.946. The van der Waals surface area contributed by atoms with Crippen LogP contribution in [-0.2, 0) is 10.0 Å². The first-order valence-electron chi connectivity index (χ1n) is 7.53. The van der Waals surface area contributed by atoms with Crippen molar-refractivity contribution in [3.63, 3.8) is 0 Å². The topological polar surface area (TPSA) is 97.0 Å². The average molecular weight is 371 g/mol. The Bertz CT molecular complexity index is 788. The maximum absolute atomic E-state index is 12.6. The zero-order valence-corrected chi connectivity index (χ0v) is 15.8. The van der Waals surface area contributed by atoms with Crippen LogP contribution in [0, 0.1) is 6.92 Å². The maximum Gasteiger partial charge on any atom is 0.244 e. The molecule has 0 spiro atoms. The second-order valence-electron chi connectivity index (χ2n) is 5.51. The predicted molar refractivity (Wildman–Crippen MR) is 94.1 cm³/mol. The Balaban J connectivity index is 2.05. The molecule has 1 aromatic carbocycles. The molecule has 0 aliphatic rings. The predicted octanol–water partition coefficient (Wildman–Crippen LogP) is 2.32. The Kier molecular flexibility index (Phi) is 6.25. The highest BCUT2D eigenvalue weighted by Gasteiger charge is 2.20. The molecule has 2 rings (SSSR count). The number of rotatable bonds is 8. The number of benzene rings is 1. The molecule has 2 aromatic rings. The van der Waals surface area contributed by atoms with Gasteiger partial charge in [-0.3, -0.25) is 5.10 Å². The highest BCUT2D eigenvalue weighted by Crippen LogP contribution is 2.27. The highest BCUT2D eigenvalue weighted by atomic mass is 32.2. The van der Waals surface area contributed by atoms with Gasteiger partial charge in [-0.05, 0) is 30.5 Å². The molecule has 24 heavy (non-hydrogen) atoms. The first-order valence-corrected chi connectivity index (χ1v) is 9.99. The Morgan fingerprint density at radius 3 is 2.71 bits per heavy atom. The zero-order chi connectivity index (χ0) is 17.7. The largest absolute Gasteiger partial charge is 0.495 e. The van der Waals surface area contributed by atoms with Gasteiger partial charge in [-0.2, -0.15) is 0 Å². The third-order valence-corrected chi connectivity index (χ3v) is 5.68. The molecule has 7 nitrogen and oxygen atoms in total. The van der Waals surface area contributed by atoms with E-state index in [0.29, 0.717) is 16.7 Å². The lowest BCUT2D eigenvalue weighted by Crippen LogP contribution is -2.26. The fraction of sp³-hybridized carbons (Fsp3) is 0.467. The van der Waals surface area contributed by atoms with E-state index in [9.17, 15) is 8.42 Å². The van der Waals surface area contributed by atoms with Crippen LogP contribution in [0.3, 0.4) is 0 Å². The second kappa shape index (κ2) is 8.00. The summed E-state index contributed by atoms with van der Waals surface area (Å²) in [6.07, 6.45) is 0. The number of methoxy groups -OCH3 is 1. The van der Waals surface area contributed by atoms with Crippen LogP contribution in [0.15, 0.2) is 28.3 Å². The third kappa shape index (κ3) is 4.71. The van der Waals surface area contributed by atoms with Crippen molar-refractivity contribution in [2.24, 2.45) is 0 Å². The van der Waals surface area contributed by atoms with E-state index in [1.165, 1.54) is 18.9 Å². The van der Waals surface area contributed by atoms with Crippen molar-refractivity contribution in [2.45, 2.75) is 36.7 Å². The molecule has 0 atom stereocenters. The summed E-state index contributed by atoms with van der Waals surface area (Å²) in [6.45, 7) is 6.12. The summed E-state index contributed by atoms with van der Waals surface area (Å²) in [6, 6.07) is 5.23. The average Bonchev–Trinajstić information content (AvgIpc) is 2.96. The van der Waals surface area contributed by atoms with Gasteiger partial charge in [0, 0.05) is 12.3 Å². The molecule has 1 heterocycles. The lowest BCUT2D eigenvalue weighted by Gasteiger charge is -2.13. The van der Waals surface area contributed by atoms with Gasteiger partial charge < -0.3 is 4.74 Å². The van der Waals surface area contributed by atoms with Gasteiger partial charge in [0.2, 0.25) is 15.2 Å². The SMILES string of the molecule is COc1ccc(C(C)C)cc1S(=O)(=O)NCCSc1n[nH]c(C)n1. The van der Waals surface area contributed by atoms with Crippen molar-refractivity contribution in [3.05, 3.63) is 29.6 Å². The molecule has 1 aromatic heterocycles. The van der Waals surface area contributed by atoms with E-state index < -0.39 is 10.0 Å². The van der Waals surface area contributed by atoms with E-state index in [2.05, 4.69) is 19.9 Å². The summed E-state index contributed by atoms with van der Waals surface area (Å²) in [4.78, 5) is 4.32. The molecule has 9 heteroatoms. The number of hydrogen-bond acceptors (Lipinski definition) is 6. The fourth-order valence-corrected chi connectivity index (χ4v) is 4.11. The minimum absolute atomic E-state index is 0.162. The number of thioether (sulfide) groups is 1. The third-order valence-electron chi connectivity index (χ3n) is 3.35. The normalized spacial score (nSPS) is 11.9. The number of hydrogen-bond donors (Lipinski definition) is 2. The molecule has 0 fully saturated rings. The molecule has 0 bridgehead atoms. The van der Waals surface area contributed by atoms with Crippen LogP contribution in [0.4, 0.5) is 0 Å². The number of aromatic nitrogens is 3. The lowest BCUT2D eigenvalue weighted by atomic mass is 10.0. The standard InChI is InChI=1S/C15H22N4O3S2/c1-10(2)12-5-6-13(22-4)14(9-12)24(20,21)16-7-8-23-15-17-11(3)18-19-15/h5-6,9-10,16H,7-8H2,1-4H3,(H,17,18,19).